The molecule has 0 saturated carbocycles. The molecule has 2 rings (SSSR count). The molecule has 3 N–H and O–H groups in total. The molecule has 2 heterocycles. The van der Waals surface area contributed by atoms with Gasteiger partial charge in [0.25, 0.3) is 5.56 Å². The summed E-state index contributed by atoms with van der Waals surface area (Å²) in [5, 5.41) is 15.5. The molecule has 1 aliphatic heterocycles. The molecule has 23 heavy (non-hydrogen) atoms. The first-order valence-corrected chi connectivity index (χ1v) is 8.06. The van der Waals surface area contributed by atoms with Crippen LogP contribution < -0.4 is 16.2 Å². The third-order valence-electron chi connectivity index (χ3n) is 4.70. The molecule has 2 unspecified atom stereocenters. The zero-order valence-electron chi connectivity index (χ0n) is 14.0. The quantitative estimate of drug-likeness (QED) is 0.769. The van der Waals surface area contributed by atoms with Crippen molar-refractivity contribution in [2.24, 2.45) is 5.92 Å². The molecule has 124 valence electrons. The first kappa shape index (κ1) is 17.2. The van der Waals surface area contributed by atoms with Crippen molar-refractivity contribution in [3.8, 4) is 6.07 Å². The fourth-order valence-corrected chi connectivity index (χ4v) is 3.12. The third-order valence-corrected chi connectivity index (χ3v) is 4.70. The van der Waals surface area contributed by atoms with Gasteiger partial charge in [-0.1, -0.05) is 6.92 Å². The summed E-state index contributed by atoms with van der Waals surface area (Å²) in [6, 6.07) is 2.11. The molecule has 1 aromatic rings. The van der Waals surface area contributed by atoms with Crippen LogP contribution in [-0.4, -0.2) is 30.0 Å². The van der Waals surface area contributed by atoms with E-state index >= 15 is 0 Å². The van der Waals surface area contributed by atoms with Gasteiger partial charge in [0, 0.05) is 24.7 Å². The molecule has 0 bridgehead atoms. The Hall–Kier alpha value is -2.13. The number of hydrogen-bond donors (Lipinski definition) is 3. The fraction of sp³-hybridized carbons (Fsp3) is 0.588. The molecule has 1 aliphatic rings. The first-order valence-electron chi connectivity index (χ1n) is 8.06. The van der Waals surface area contributed by atoms with Gasteiger partial charge in [0.05, 0.1) is 0 Å². The summed E-state index contributed by atoms with van der Waals surface area (Å²) < 4.78 is 0. The van der Waals surface area contributed by atoms with Gasteiger partial charge in [-0.05, 0) is 50.3 Å². The van der Waals surface area contributed by atoms with Crippen LogP contribution in [-0.2, 0) is 11.2 Å². The van der Waals surface area contributed by atoms with Crippen molar-refractivity contribution in [1.29, 1.82) is 5.26 Å². The number of aromatic amines is 1. The maximum Gasteiger partial charge on any atom is 0.266 e. The Kier molecular flexibility index (Phi) is 5.56. The van der Waals surface area contributed by atoms with Gasteiger partial charge in [-0.3, -0.25) is 9.59 Å². The van der Waals surface area contributed by atoms with E-state index in [-0.39, 0.29) is 23.1 Å². The number of carbonyl (C=O) groups excluding carboxylic acids is 1. The minimum absolute atomic E-state index is 0.00839. The van der Waals surface area contributed by atoms with Crippen LogP contribution in [0.4, 0.5) is 0 Å². The van der Waals surface area contributed by atoms with E-state index in [0.717, 1.165) is 30.8 Å². The Morgan fingerprint density at radius 2 is 2.17 bits per heavy atom. The van der Waals surface area contributed by atoms with E-state index in [4.69, 9.17) is 5.26 Å². The van der Waals surface area contributed by atoms with Gasteiger partial charge in [-0.15, -0.1) is 0 Å². The number of carbonyl (C=O) groups is 1. The van der Waals surface area contributed by atoms with Gasteiger partial charge in [-0.25, -0.2) is 0 Å². The molecule has 1 fully saturated rings. The number of nitrogens with one attached hydrogen (secondary N) is 3. The highest BCUT2D eigenvalue weighted by Crippen LogP contribution is 2.16. The minimum Gasteiger partial charge on any atom is -0.352 e. The number of amides is 1. The number of piperidine rings is 1. The number of hydrogen-bond acceptors (Lipinski definition) is 4. The van der Waals surface area contributed by atoms with Crippen molar-refractivity contribution in [2.75, 3.05) is 13.1 Å². The number of H-pyrrole nitrogens is 1. The Morgan fingerprint density at radius 1 is 1.43 bits per heavy atom. The smallest absolute Gasteiger partial charge is 0.266 e. The Labute approximate surface area is 136 Å². The summed E-state index contributed by atoms with van der Waals surface area (Å²) in [4.78, 5) is 26.6. The van der Waals surface area contributed by atoms with Crippen LogP contribution >= 0.6 is 0 Å². The highest BCUT2D eigenvalue weighted by Gasteiger charge is 2.22. The van der Waals surface area contributed by atoms with Gasteiger partial charge >= 0.3 is 0 Å². The lowest BCUT2D eigenvalue weighted by Crippen LogP contribution is -2.50. The number of aryl methyl sites for hydroxylation is 1. The summed E-state index contributed by atoms with van der Waals surface area (Å²) in [5.41, 5.74) is 2.06. The molecule has 0 aliphatic carbocycles. The molecule has 1 amide bonds. The maximum absolute atomic E-state index is 12.2. The normalized spacial score (nSPS) is 20.8. The second-order valence-electron chi connectivity index (χ2n) is 6.31. The molecular formula is C17H24N4O2. The van der Waals surface area contributed by atoms with E-state index < -0.39 is 0 Å². The second-order valence-corrected chi connectivity index (χ2v) is 6.31. The number of pyridine rings is 1. The number of nitrogens with zero attached hydrogens (tertiary/aromatic N) is 1. The molecule has 6 nitrogen and oxygen atoms in total. The van der Waals surface area contributed by atoms with E-state index in [1.54, 1.807) is 13.8 Å². The fourth-order valence-electron chi connectivity index (χ4n) is 3.12. The maximum atomic E-state index is 12.2. The molecular weight excluding hydrogens is 292 g/mol. The van der Waals surface area contributed by atoms with Gasteiger partial charge in [0.2, 0.25) is 5.91 Å². The average molecular weight is 316 g/mol. The van der Waals surface area contributed by atoms with Crippen LogP contribution in [0.5, 0.6) is 0 Å². The predicted octanol–water partition coefficient (Wildman–Crippen LogP) is 0.910. The monoisotopic (exact) mass is 316 g/mol. The van der Waals surface area contributed by atoms with Crippen LogP contribution in [0.2, 0.25) is 0 Å². The van der Waals surface area contributed by atoms with Crippen LogP contribution in [0.25, 0.3) is 0 Å². The molecule has 0 spiro atoms. The highest BCUT2D eigenvalue weighted by molar-refractivity contribution is 5.76. The predicted molar refractivity (Wildman–Crippen MR) is 88.2 cm³/mol. The molecule has 0 aromatic carbocycles. The zero-order chi connectivity index (χ0) is 17.0. The largest absolute Gasteiger partial charge is 0.352 e. The summed E-state index contributed by atoms with van der Waals surface area (Å²) in [6.07, 6.45) is 1.93. The lowest BCUT2D eigenvalue weighted by atomic mass is 9.94. The molecule has 0 radical (unpaired) electrons. The van der Waals surface area contributed by atoms with E-state index in [2.05, 4.69) is 22.5 Å². The standard InChI is InChI=1S/C17H24N4O2/c1-10-6-7-19-9-15(10)21-16(22)5-4-13-11(2)14(8-18)17(23)20-12(13)3/h10,15,19H,4-7,9H2,1-3H3,(H,20,23)(H,21,22). The number of rotatable bonds is 4. The lowest BCUT2D eigenvalue weighted by Gasteiger charge is -2.30. The van der Waals surface area contributed by atoms with Crippen LogP contribution in [0.15, 0.2) is 4.79 Å². The van der Waals surface area contributed by atoms with E-state index in [9.17, 15) is 9.59 Å². The van der Waals surface area contributed by atoms with E-state index in [1.165, 1.54) is 0 Å². The molecule has 2 atom stereocenters. The summed E-state index contributed by atoms with van der Waals surface area (Å²) in [5.74, 6) is 0.482. The average Bonchev–Trinajstić information content (AvgIpc) is 2.49. The minimum atomic E-state index is -0.363. The topological polar surface area (TPSA) is 97.8 Å². The van der Waals surface area contributed by atoms with Crippen molar-refractivity contribution in [3.63, 3.8) is 0 Å². The summed E-state index contributed by atoms with van der Waals surface area (Å²) in [7, 11) is 0. The zero-order valence-corrected chi connectivity index (χ0v) is 14.0. The Bertz CT molecular complexity index is 687. The van der Waals surface area contributed by atoms with Crippen LogP contribution in [0.3, 0.4) is 0 Å². The Morgan fingerprint density at radius 3 is 2.83 bits per heavy atom. The van der Waals surface area contributed by atoms with Crippen molar-refractivity contribution >= 4 is 5.91 Å². The van der Waals surface area contributed by atoms with Gasteiger partial charge in [-0.2, -0.15) is 5.26 Å². The van der Waals surface area contributed by atoms with Crippen molar-refractivity contribution in [1.82, 2.24) is 15.6 Å². The second kappa shape index (κ2) is 7.42. The van der Waals surface area contributed by atoms with Crippen molar-refractivity contribution < 1.29 is 4.79 Å². The summed E-state index contributed by atoms with van der Waals surface area (Å²) in [6.45, 7) is 7.53. The molecule has 1 saturated heterocycles. The molecule has 1 aromatic heterocycles. The number of nitriles is 1. The van der Waals surface area contributed by atoms with Gasteiger partial charge < -0.3 is 15.6 Å². The van der Waals surface area contributed by atoms with Gasteiger partial charge in [0.1, 0.15) is 11.6 Å². The Balaban J connectivity index is 2.02. The van der Waals surface area contributed by atoms with E-state index in [0.29, 0.717) is 24.3 Å². The SMILES string of the molecule is Cc1[nH]c(=O)c(C#N)c(C)c1CCC(=O)NC1CNCCC1C. The third kappa shape index (κ3) is 3.99. The van der Waals surface area contributed by atoms with Crippen molar-refractivity contribution in [3.05, 3.63) is 32.7 Å². The number of aromatic nitrogens is 1. The van der Waals surface area contributed by atoms with Crippen LogP contribution in [0, 0.1) is 31.1 Å². The van der Waals surface area contributed by atoms with Crippen LogP contribution in [0.1, 0.15) is 42.1 Å². The van der Waals surface area contributed by atoms with Gasteiger partial charge in [0.15, 0.2) is 0 Å². The first-order chi connectivity index (χ1) is 10.9. The lowest BCUT2D eigenvalue weighted by molar-refractivity contribution is -0.122. The molecule has 6 heteroatoms. The highest BCUT2D eigenvalue weighted by atomic mass is 16.1. The van der Waals surface area contributed by atoms with Crippen molar-refractivity contribution in [2.45, 2.75) is 46.1 Å². The summed E-state index contributed by atoms with van der Waals surface area (Å²) >= 11 is 0. The van der Waals surface area contributed by atoms with E-state index in [1.807, 2.05) is 6.07 Å².